The first-order valence-corrected chi connectivity index (χ1v) is 21.4. The van der Waals surface area contributed by atoms with Crippen LogP contribution in [0.15, 0.2) is 115 Å². The molecule has 0 bridgehead atoms. The number of hydrazine groups is 1. The smallest absolute Gasteiger partial charge is 0.260 e. The third-order valence-corrected chi connectivity index (χ3v) is 13.7. The minimum Gasteiger partial charge on any atom is -0.504 e. The molecule has 1 saturated carbocycles. The number of allylic oxidation sites excluding steroid dienone is 2. The normalized spacial score (nSPS) is 23.7. The first kappa shape index (κ1) is 42.5. The van der Waals surface area contributed by atoms with Gasteiger partial charge in [0.1, 0.15) is 17.2 Å². The summed E-state index contributed by atoms with van der Waals surface area (Å²) in [6, 6.07) is 29.3. The number of rotatable bonds is 11. The fraction of sp³-hybridized carbons (Fsp3) is 0.240. The summed E-state index contributed by atoms with van der Waals surface area (Å²) >= 11 is 12.8. The fourth-order valence-corrected chi connectivity index (χ4v) is 10.7. The Bertz CT molecular complexity index is 2770. The molecule has 2 N–H and O–H groups in total. The molecule has 12 nitrogen and oxygen atoms in total. The molecule has 2 aliphatic carbocycles. The predicted molar refractivity (Wildman–Crippen MR) is 243 cm³/mol. The molecule has 6 atom stereocenters. The van der Waals surface area contributed by atoms with Crippen LogP contribution in [-0.4, -0.2) is 62.2 Å². The van der Waals surface area contributed by atoms with Crippen molar-refractivity contribution in [3.05, 3.63) is 147 Å². The van der Waals surface area contributed by atoms with Gasteiger partial charge in [0.2, 0.25) is 11.8 Å². The number of benzene rings is 5. The Labute approximate surface area is 379 Å². The van der Waals surface area contributed by atoms with E-state index in [1.165, 1.54) is 25.2 Å². The summed E-state index contributed by atoms with van der Waals surface area (Å²) in [5, 5.41) is 12.8. The maximum Gasteiger partial charge on any atom is 0.260 e. The van der Waals surface area contributed by atoms with Gasteiger partial charge in [0.25, 0.3) is 11.8 Å². The minimum atomic E-state index is -1.60. The van der Waals surface area contributed by atoms with Gasteiger partial charge in [0.15, 0.2) is 11.5 Å². The molecule has 0 aromatic heterocycles. The van der Waals surface area contributed by atoms with Gasteiger partial charge in [0.05, 0.1) is 68.0 Å². The van der Waals surface area contributed by atoms with Gasteiger partial charge in [-0.1, -0.05) is 77.3 Å². The molecule has 3 fully saturated rings. The van der Waals surface area contributed by atoms with Crippen molar-refractivity contribution in [3.63, 3.8) is 0 Å². The minimum absolute atomic E-state index is 0.0685. The van der Waals surface area contributed by atoms with Crippen molar-refractivity contribution >= 4 is 70.4 Å². The van der Waals surface area contributed by atoms with Crippen LogP contribution in [0.4, 0.5) is 11.4 Å². The second-order valence-electron chi connectivity index (χ2n) is 16.2. The highest BCUT2D eigenvalue weighted by Crippen LogP contribution is 2.64. The van der Waals surface area contributed by atoms with E-state index in [2.05, 4.69) is 5.43 Å². The van der Waals surface area contributed by atoms with E-state index in [-0.39, 0.29) is 46.9 Å². The number of fused-ring (bicyclic) bond motifs is 4. The zero-order valence-electron chi connectivity index (χ0n) is 35.2. The molecule has 2 saturated heterocycles. The van der Waals surface area contributed by atoms with Gasteiger partial charge < -0.3 is 24.1 Å². The highest BCUT2D eigenvalue weighted by Gasteiger charge is 2.70. The van der Waals surface area contributed by atoms with E-state index in [0.29, 0.717) is 39.1 Å². The number of methoxy groups -OCH3 is 4. The van der Waals surface area contributed by atoms with E-state index >= 15 is 9.59 Å². The summed E-state index contributed by atoms with van der Waals surface area (Å²) in [4.78, 5) is 61.3. The Hall–Kier alpha value is -6.76. The first-order chi connectivity index (χ1) is 30.9. The number of ether oxygens (including phenoxy) is 4. The first-order valence-electron chi connectivity index (χ1n) is 20.6. The van der Waals surface area contributed by atoms with Crippen molar-refractivity contribution in [1.29, 1.82) is 0 Å². The van der Waals surface area contributed by atoms with Crippen LogP contribution in [0.2, 0.25) is 10.0 Å². The van der Waals surface area contributed by atoms with Crippen LogP contribution in [0.1, 0.15) is 41.0 Å². The Balaban J connectivity index is 1.13. The highest BCUT2D eigenvalue weighted by atomic mass is 35.5. The average Bonchev–Trinajstić information content (AvgIpc) is 3.69. The van der Waals surface area contributed by atoms with E-state index in [9.17, 15) is 14.7 Å². The fourth-order valence-electron chi connectivity index (χ4n) is 10.2. The van der Waals surface area contributed by atoms with E-state index < -0.39 is 46.8 Å². The van der Waals surface area contributed by atoms with Crippen LogP contribution >= 0.6 is 23.2 Å². The molecule has 2 heterocycles. The lowest BCUT2D eigenvalue weighted by molar-refractivity contribution is -0.138. The molecule has 4 aliphatic rings. The van der Waals surface area contributed by atoms with Gasteiger partial charge in [0, 0.05) is 16.5 Å². The van der Waals surface area contributed by atoms with Gasteiger partial charge in [-0.25, -0.2) is 0 Å². The number of phenolic OH excluding ortho intramolecular Hbond substituents is 1. The number of hydrogen-bond donors (Lipinski definition) is 2. The second-order valence-corrected chi connectivity index (χ2v) is 17.0. The van der Waals surface area contributed by atoms with Crippen molar-refractivity contribution in [2.24, 2.45) is 23.7 Å². The van der Waals surface area contributed by atoms with Gasteiger partial charge >= 0.3 is 0 Å². The van der Waals surface area contributed by atoms with Crippen molar-refractivity contribution in [2.45, 2.75) is 24.2 Å². The topological polar surface area (TPSA) is 144 Å². The number of imide groups is 2. The number of halogens is 2. The number of phenols is 1. The largest absolute Gasteiger partial charge is 0.504 e. The molecule has 14 heteroatoms. The number of amides is 4. The van der Waals surface area contributed by atoms with Crippen LogP contribution < -0.4 is 29.3 Å². The van der Waals surface area contributed by atoms with Crippen LogP contribution in [0.3, 0.4) is 0 Å². The van der Waals surface area contributed by atoms with Gasteiger partial charge in [-0.3, -0.25) is 29.5 Å². The van der Waals surface area contributed by atoms with Gasteiger partial charge in [-0.05, 0) is 108 Å². The van der Waals surface area contributed by atoms with Crippen LogP contribution in [0, 0.1) is 23.7 Å². The SMILES string of the molecule is COc1ccc([C@@]23C(=O)N(Nc4ccc(Cl)cc4Cl)C(=O)[C@@H]2C[C@@H]2C(=CC[C@@H]4C(=O)N(c5ccc(C=Cc6cc(OC)ccc6OC)cc5)C(=O)[C@@H]42)[C@@H]3c2ccc(OC)c(O)c2)cc1. The molecule has 0 radical (unpaired) electrons. The molecule has 0 unspecified atom stereocenters. The number of nitrogens with zero attached hydrogens (tertiary/aromatic N) is 2. The van der Waals surface area contributed by atoms with Crippen LogP contribution in [0.5, 0.6) is 28.7 Å². The van der Waals surface area contributed by atoms with Crippen molar-refractivity contribution in [2.75, 3.05) is 38.8 Å². The van der Waals surface area contributed by atoms with Crippen molar-refractivity contribution < 1.29 is 43.2 Å². The summed E-state index contributed by atoms with van der Waals surface area (Å²) in [6.45, 7) is 0. The van der Waals surface area contributed by atoms with Crippen LogP contribution in [0.25, 0.3) is 12.2 Å². The summed E-state index contributed by atoms with van der Waals surface area (Å²) < 4.78 is 21.8. The van der Waals surface area contributed by atoms with Gasteiger partial charge in [-0.15, -0.1) is 0 Å². The number of aromatic hydroxyl groups is 1. The molecule has 9 rings (SSSR count). The van der Waals surface area contributed by atoms with Crippen molar-refractivity contribution in [1.82, 2.24) is 5.01 Å². The third-order valence-electron chi connectivity index (χ3n) is 13.2. The lowest BCUT2D eigenvalue weighted by atomic mass is 9.49. The van der Waals surface area contributed by atoms with E-state index in [1.807, 2.05) is 48.6 Å². The molecule has 4 amide bonds. The van der Waals surface area contributed by atoms with E-state index in [4.69, 9.17) is 42.1 Å². The van der Waals surface area contributed by atoms with E-state index in [0.717, 1.165) is 21.7 Å². The van der Waals surface area contributed by atoms with Crippen LogP contribution in [-0.2, 0) is 24.6 Å². The number of anilines is 2. The lowest BCUT2D eigenvalue weighted by Crippen LogP contribution is -2.53. The highest BCUT2D eigenvalue weighted by molar-refractivity contribution is 6.36. The molecular formula is C50H43Cl2N3O9. The summed E-state index contributed by atoms with van der Waals surface area (Å²) in [5.41, 5.74) is 5.50. The summed E-state index contributed by atoms with van der Waals surface area (Å²) in [5.74, 6) is -4.02. The zero-order valence-corrected chi connectivity index (χ0v) is 36.7. The van der Waals surface area contributed by atoms with Gasteiger partial charge in [-0.2, -0.15) is 5.01 Å². The number of nitrogens with one attached hydrogen (secondary N) is 1. The Morgan fingerprint density at radius 1 is 0.719 bits per heavy atom. The third kappa shape index (κ3) is 6.83. The number of carbonyl (C=O) groups excluding carboxylic acids is 4. The number of carbonyl (C=O) groups is 4. The maximum absolute atomic E-state index is 15.6. The summed E-state index contributed by atoms with van der Waals surface area (Å²) in [6.07, 6.45) is 6.04. The maximum atomic E-state index is 15.6. The molecule has 5 aromatic rings. The lowest BCUT2D eigenvalue weighted by Gasteiger charge is -2.50. The predicted octanol–water partition coefficient (Wildman–Crippen LogP) is 9.09. The second kappa shape index (κ2) is 16.7. The Morgan fingerprint density at radius 2 is 1.42 bits per heavy atom. The average molecular weight is 901 g/mol. The van der Waals surface area contributed by atoms with Crippen molar-refractivity contribution in [3.8, 4) is 28.7 Å². The molecular weight excluding hydrogens is 857 g/mol. The molecule has 326 valence electrons. The molecule has 0 spiro atoms. The number of hydrogen-bond acceptors (Lipinski definition) is 10. The monoisotopic (exact) mass is 899 g/mol. The summed E-state index contributed by atoms with van der Waals surface area (Å²) in [7, 11) is 6.17. The molecule has 2 aliphatic heterocycles. The Morgan fingerprint density at radius 3 is 2.09 bits per heavy atom. The van der Waals surface area contributed by atoms with E-state index in [1.54, 1.807) is 80.9 Å². The molecule has 64 heavy (non-hydrogen) atoms. The molecule has 5 aromatic carbocycles. The standard InChI is InChI=1S/C50H43Cl2N3O9/c1-61-33-15-10-30(11-16-33)50-38(47(58)55(49(50)60)53-40-20-12-31(51)25-39(40)52)26-37-35(45(50)29-9-21-43(64-4)41(56)24-29)18-19-36-44(37)48(59)54(46(36)57)32-13-6-27(7-14-32)5-8-28-23-34(62-2)17-22-42(28)63-3/h5-18,20-25,36-38,44-45,53,56H,19,26H2,1-4H3/t36-,37+,38-,44-,45-,50+/m0/s1. The quantitative estimate of drug-likeness (QED) is 0.0749. The zero-order chi connectivity index (χ0) is 45.0. The Kier molecular flexibility index (Phi) is 11.1.